The minimum atomic E-state index is -3.96. The van der Waals surface area contributed by atoms with Crippen LogP contribution in [-0.4, -0.2) is 43.2 Å². The van der Waals surface area contributed by atoms with Gasteiger partial charge in [0.15, 0.2) is 5.78 Å². The number of unbranched alkanes of at least 4 members (excludes halogenated alkanes) is 1. The Morgan fingerprint density at radius 1 is 1.25 bits per heavy atom. The van der Waals surface area contributed by atoms with Crippen LogP contribution >= 0.6 is 0 Å². The van der Waals surface area contributed by atoms with E-state index in [1.54, 1.807) is 12.1 Å². The highest BCUT2D eigenvalue weighted by atomic mass is 32.2. The molecule has 24 heavy (non-hydrogen) atoms. The molecule has 0 saturated carbocycles. The average Bonchev–Trinajstić information content (AvgIpc) is 3.23. The summed E-state index contributed by atoms with van der Waals surface area (Å²) in [4.78, 5) is 24.6. The molecule has 1 aromatic rings. The van der Waals surface area contributed by atoms with Crippen LogP contribution in [0.15, 0.2) is 29.2 Å². The first-order chi connectivity index (χ1) is 11.2. The summed E-state index contributed by atoms with van der Waals surface area (Å²) >= 11 is 0. The maximum atomic E-state index is 13.0. The van der Waals surface area contributed by atoms with Gasteiger partial charge in [0.2, 0.25) is 15.6 Å². The Bertz CT molecular complexity index is 741. The van der Waals surface area contributed by atoms with Crippen molar-refractivity contribution in [3.8, 4) is 0 Å². The fourth-order valence-corrected chi connectivity index (χ4v) is 5.10. The monoisotopic (exact) mass is 353 g/mol. The number of ketones is 1. The van der Waals surface area contributed by atoms with E-state index >= 15 is 0 Å². The molecule has 0 spiro atoms. The number of ether oxygens (including phenoxy) is 1. The van der Waals surface area contributed by atoms with Gasteiger partial charge in [0, 0.05) is 0 Å². The van der Waals surface area contributed by atoms with Crippen LogP contribution in [-0.2, 0) is 24.3 Å². The van der Waals surface area contributed by atoms with Gasteiger partial charge < -0.3 is 4.74 Å². The molecule has 0 bridgehead atoms. The van der Waals surface area contributed by atoms with Crippen molar-refractivity contribution in [3.05, 3.63) is 29.8 Å². The maximum absolute atomic E-state index is 13.0. The molecule has 3 atom stereocenters. The van der Waals surface area contributed by atoms with Crippen molar-refractivity contribution >= 4 is 21.8 Å². The molecule has 0 amide bonds. The van der Waals surface area contributed by atoms with Gasteiger partial charge in [-0.1, -0.05) is 37.5 Å². The van der Waals surface area contributed by atoms with E-state index in [9.17, 15) is 18.0 Å². The van der Waals surface area contributed by atoms with E-state index in [1.165, 1.54) is 26.2 Å². The normalized spacial score (nSPS) is 26.0. The molecule has 1 aliphatic heterocycles. The van der Waals surface area contributed by atoms with Crippen molar-refractivity contribution in [2.45, 2.75) is 56.5 Å². The molecular formula is C17H23NO5S. The summed E-state index contributed by atoms with van der Waals surface area (Å²) < 4.78 is 31.8. The van der Waals surface area contributed by atoms with Crippen molar-refractivity contribution in [2.24, 2.45) is 0 Å². The van der Waals surface area contributed by atoms with Crippen LogP contribution in [0.5, 0.6) is 0 Å². The molecule has 1 aromatic carbocycles. The Labute approximate surface area is 142 Å². The van der Waals surface area contributed by atoms with E-state index in [0.717, 1.165) is 22.7 Å². The highest BCUT2D eigenvalue weighted by molar-refractivity contribution is 7.89. The lowest BCUT2D eigenvalue weighted by Crippen LogP contribution is -2.40. The lowest BCUT2D eigenvalue weighted by Gasteiger charge is -2.12. The number of aryl methyl sites for hydroxylation is 1. The van der Waals surface area contributed by atoms with Crippen LogP contribution in [0.2, 0.25) is 0 Å². The van der Waals surface area contributed by atoms with Crippen LogP contribution in [0.1, 0.15) is 38.7 Å². The van der Waals surface area contributed by atoms with E-state index in [0.29, 0.717) is 6.42 Å². The maximum Gasteiger partial charge on any atom is 0.336 e. The molecule has 1 aliphatic rings. The number of methoxy groups -OCH3 is 1. The second-order valence-corrected chi connectivity index (χ2v) is 7.90. The summed E-state index contributed by atoms with van der Waals surface area (Å²) in [7, 11) is -2.79. The lowest BCUT2D eigenvalue weighted by atomic mass is 9.97. The number of rotatable bonds is 7. The summed E-state index contributed by atoms with van der Waals surface area (Å²) in [6, 6.07) is 5.66. The van der Waals surface area contributed by atoms with Crippen LogP contribution in [0.25, 0.3) is 0 Å². The van der Waals surface area contributed by atoms with Crippen molar-refractivity contribution in [2.75, 3.05) is 7.11 Å². The fraction of sp³-hybridized carbons (Fsp3) is 0.529. The first kappa shape index (κ1) is 18.6. The third-order valence-corrected chi connectivity index (χ3v) is 6.42. The molecule has 1 fully saturated rings. The number of hydrogen-bond donors (Lipinski definition) is 0. The number of sulfonamides is 1. The van der Waals surface area contributed by atoms with E-state index < -0.39 is 33.4 Å². The number of hydrogen-bond acceptors (Lipinski definition) is 5. The number of carbonyl (C=O) groups is 2. The minimum absolute atomic E-state index is 0.0710. The minimum Gasteiger partial charge on any atom is -0.467 e. The molecule has 6 nitrogen and oxygen atoms in total. The van der Waals surface area contributed by atoms with Crippen molar-refractivity contribution < 1.29 is 22.7 Å². The van der Waals surface area contributed by atoms with Crippen LogP contribution < -0.4 is 0 Å². The van der Waals surface area contributed by atoms with Crippen molar-refractivity contribution in [1.82, 2.24) is 4.31 Å². The molecule has 2 rings (SSSR count). The predicted molar refractivity (Wildman–Crippen MR) is 88.9 cm³/mol. The Balaban J connectivity index is 2.50. The van der Waals surface area contributed by atoms with E-state index in [1.807, 2.05) is 13.8 Å². The molecule has 3 unspecified atom stereocenters. The zero-order chi connectivity index (χ0) is 18.1. The molecule has 1 saturated heterocycles. The van der Waals surface area contributed by atoms with Gasteiger partial charge >= 0.3 is 5.97 Å². The first-order valence-electron chi connectivity index (χ1n) is 7.95. The molecule has 1 heterocycles. The molecule has 0 aromatic heterocycles. The third-order valence-electron chi connectivity index (χ3n) is 4.49. The zero-order valence-electron chi connectivity index (χ0n) is 14.4. The average molecular weight is 353 g/mol. The van der Waals surface area contributed by atoms with Gasteiger partial charge in [-0.25, -0.2) is 13.2 Å². The van der Waals surface area contributed by atoms with E-state index in [4.69, 9.17) is 4.74 Å². The Hall–Kier alpha value is -1.73. The summed E-state index contributed by atoms with van der Waals surface area (Å²) in [6.45, 7) is 5.06. The number of carbonyl (C=O) groups excluding carboxylic acids is 2. The van der Waals surface area contributed by atoms with Crippen molar-refractivity contribution in [1.29, 1.82) is 0 Å². The lowest BCUT2D eigenvalue weighted by molar-refractivity contribution is -0.147. The number of nitrogens with zero attached hydrogens (tertiary/aromatic N) is 1. The van der Waals surface area contributed by atoms with Gasteiger partial charge in [0.1, 0.15) is 0 Å². The fourth-order valence-electron chi connectivity index (χ4n) is 3.14. The van der Waals surface area contributed by atoms with Crippen LogP contribution in [0.4, 0.5) is 0 Å². The standard InChI is InChI=1S/C17H23NO5S/c1-5-6-7-15-17(13(3)19,16(20)23-4)18(15)24(21,22)14-10-8-12(2)9-11-14/h8-11,15H,5-7H2,1-4H3. The van der Waals surface area contributed by atoms with Crippen LogP contribution in [0.3, 0.4) is 0 Å². The molecule has 0 N–H and O–H groups in total. The third kappa shape index (κ3) is 2.75. The van der Waals surface area contributed by atoms with E-state index in [2.05, 4.69) is 0 Å². The van der Waals surface area contributed by atoms with Gasteiger partial charge in [-0.2, -0.15) is 4.31 Å². The van der Waals surface area contributed by atoms with Crippen molar-refractivity contribution in [3.63, 3.8) is 0 Å². The van der Waals surface area contributed by atoms with E-state index in [-0.39, 0.29) is 4.90 Å². The molecule has 0 radical (unpaired) electrons. The highest BCUT2D eigenvalue weighted by Gasteiger charge is 2.76. The number of esters is 1. The zero-order valence-corrected chi connectivity index (χ0v) is 15.2. The Morgan fingerprint density at radius 3 is 2.29 bits per heavy atom. The second-order valence-electron chi connectivity index (χ2n) is 6.09. The number of Topliss-reactive ketones (excluding diaryl/α,β-unsaturated/α-hetero) is 1. The molecule has 7 heteroatoms. The second kappa shape index (κ2) is 6.64. The quantitative estimate of drug-likeness (QED) is 0.426. The smallest absolute Gasteiger partial charge is 0.336 e. The summed E-state index contributed by atoms with van der Waals surface area (Å²) in [5.74, 6) is -1.32. The van der Waals surface area contributed by atoms with Gasteiger partial charge in [0.25, 0.3) is 0 Å². The molecule has 132 valence electrons. The van der Waals surface area contributed by atoms with Gasteiger partial charge in [-0.3, -0.25) is 4.79 Å². The predicted octanol–water partition coefficient (Wildman–Crippen LogP) is 2.06. The number of benzene rings is 1. The first-order valence-corrected chi connectivity index (χ1v) is 9.39. The Morgan fingerprint density at radius 2 is 1.83 bits per heavy atom. The van der Waals surface area contributed by atoms with Gasteiger partial charge in [0.05, 0.1) is 18.0 Å². The summed E-state index contributed by atoms with van der Waals surface area (Å²) in [5, 5.41) is 0. The molecular weight excluding hydrogens is 330 g/mol. The topological polar surface area (TPSA) is 80.5 Å². The van der Waals surface area contributed by atoms with Gasteiger partial charge in [-0.15, -0.1) is 0 Å². The summed E-state index contributed by atoms with van der Waals surface area (Å²) in [6.07, 6.45) is 2.00. The molecule has 0 aliphatic carbocycles. The largest absolute Gasteiger partial charge is 0.467 e. The highest BCUT2D eigenvalue weighted by Crippen LogP contribution is 2.50. The van der Waals surface area contributed by atoms with Gasteiger partial charge in [-0.05, 0) is 32.4 Å². The SMILES string of the molecule is CCCCC1N(S(=O)(=O)c2ccc(C)cc2)C1(C(C)=O)C(=O)OC. The van der Waals surface area contributed by atoms with Crippen LogP contribution in [0, 0.1) is 6.92 Å². The summed E-state index contributed by atoms with van der Waals surface area (Å²) in [5.41, 5.74) is -0.804. The Kier molecular flexibility index (Phi) is 5.15.